The Morgan fingerprint density at radius 1 is 1.20 bits per heavy atom. The molecule has 0 saturated heterocycles. The van der Waals surface area contributed by atoms with Gasteiger partial charge in [-0.15, -0.1) is 0 Å². The molecule has 0 fully saturated rings. The number of benzene rings is 1. The molecule has 0 radical (unpaired) electrons. The van der Waals surface area contributed by atoms with Crippen LogP contribution < -0.4 is 0 Å². The van der Waals surface area contributed by atoms with Crippen molar-refractivity contribution in [2.24, 2.45) is 0 Å². The molecule has 5 nitrogen and oxygen atoms in total. The highest BCUT2D eigenvalue weighted by molar-refractivity contribution is 5.90. The van der Waals surface area contributed by atoms with E-state index in [0.29, 0.717) is 11.3 Å². The summed E-state index contributed by atoms with van der Waals surface area (Å²) in [5.41, 5.74) is 2.99. The number of ether oxygens (including phenoxy) is 1. The first-order valence-corrected chi connectivity index (χ1v) is 6.19. The molecule has 3 aromatic rings. The zero-order chi connectivity index (χ0) is 14.1. The Balaban J connectivity index is 2.11. The second-order valence-electron chi connectivity index (χ2n) is 4.40. The van der Waals surface area contributed by atoms with Crippen molar-refractivity contribution in [3.8, 4) is 5.82 Å². The van der Waals surface area contributed by atoms with E-state index in [9.17, 15) is 4.79 Å². The molecule has 0 aliphatic heterocycles. The molecule has 3 rings (SSSR count). The Morgan fingerprint density at radius 2 is 2.00 bits per heavy atom. The van der Waals surface area contributed by atoms with E-state index in [2.05, 4.69) is 9.97 Å². The van der Waals surface area contributed by atoms with Gasteiger partial charge in [-0.3, -0.25) is 4.57 Å². The minimum absolute atomic E-state index is 0.378. The Hall–Kier alpha value is -2.69. The highest BCUT2D eigenvalue weighted by Gasteiger charge is 2.12. The lowest BCUT2D eigenvalue weighted by atomic mass is 10.2. The Labute approximate surface area is 115 Å². The van der Waals surface area contributed by atoms with Crippen LogP contribution in [0.2, 0.25) is 0 Å². The number of hydrogen-bond donors (Lipinski definition) is 0. The number of methoxy groups -OCH3 is 1. The number of esters is 1. The lowest BCUT2D eigenvalue weighted by Crippen LogP contribution is -2.07. The summed E-state index contributed by atoms with van der Waals surface area (Å²) in [4.78, 5) is 20.3. The van der Waals surface area contributed by atoms with Crippen LogP contribution in [0.5, 0.6) is 0 Å². The Kier molecular flexibility index (Phi) is 2.95. The molecule has 0 bridgehead atoms. The van der Waals surface area contributed by atoms with Gasteiger partial charge in [-0.25, -0.2) is 14.8 Å². The molecule has 0 atom stereocenters. The molecule has 0 amide bonds. The highest BCUT2D eigenvalue weighted by Crippen LogP contribution is 2.18. The summed E-state index contributed by atoms with van der Waals surface area (Å²) in [6, 6.07) is 11.3. The number of imidazole rings is 1. The lowest BCUT2D eigenvalue weighted by Gasteiger charge is -2.07. The molecule has 100 valence electrons. The number of pyridine rings is 1. The second-order valence-corrected chi connectivity index (χ2v) is 4.40. The van der Waals surface area contributed by atoms with Gasteiger partial charge in [-0.2, -0.15) is 0 Å². The van der Waals surface area contributed by atoms with Crippen molar-refractivity contribution < 1.29 is 9.53 Å². The molecule has 0 aliphatic carbocycles. The summed E-state index contributed by atoms with van der Waals surface area (Å²) in [5.74, 6) is 0.348. The van der Waals surface area contributed by atoms with Crippen LogP contribution in [0, 0.1) is 6.92 Å². The van der Waals surface area contributed by atoms with Gasteiger partial charge in [0.1, 0.15) is 12.1 Å². The van der Waals surface area contributed by atoms with Crippen molar-refractivity contribution in [1.29, 1.82) is 0 Å². The van der Waals surface area contributed by atoms with Gasteiger partial charge in [0.05, 0.1) is 29.4 Å². The fourth-order valence-corrected chi connectivity index (χ4v) is 2.15. The molecule has 5 heteroatoms. The molecule has 0 N–H and O–H groups in total. The minimum atomic E-state index is -0.378. The largest absolute Gasteiger partial charge is 0.465 e. The van der Waals surface area contributed by atoms with Crippen molar-refractivity contribution in [2.75, 3.05) is 7.11 Å². The number of nitrogens with zero attached hydrogens (tertiary/aromatic N) is 3. The van der Waals surface area contributed by atoms with Crippen molar-refractivity contribution in [3.63, 3.8) is 0 Å². The number of hydrogen-bond acceptors (Lipinski definition) is 4. The summed E-state index contributed by atoms with van der Waals surface area (Å²) >= 11 is 0. The van der Waals surface area contributed by atoms with Crippen LogP contribution in [0.1, 0.15) is 16.1 Å². The summed E-state index contributed by atoms with van der Waals surface area (Å²) < 4.78 is 6.61. The van der Waals surface area contributed by atoms with E-state index in [-0.39, 0.29) is 5.97 Å². The average molecular weight is 267 g/mol. The number of carbonyl (C=O) groups excluding carboxylic acids is 1. The summed E-state index contributed by atoms with van der Waals surface area (Å²) in [6.45, 7) is 1.79. The zero-order valence-corrected chi connectivity index (χ0v) is 11.2. The van der Waals surface area contributed by atoms with Gasteiger partial charge in [-0.1, -0.05) is 12.1 Å². The van der Waals surface area contributed by atoms with Crippen molar-refractivity contribution in [1.82, 2.24) is 14.5 Å². The molecule has 0 saturated carbocycles. The molecule has 20 heavy (non-hydrogen) atoms. The van der Waals surface area contributed by atoms with Gasteiger partial charge in [0.25, 0.3) is 0 Å². The van der Waals surface area contributed by atoms with Crippen LogP contribution >= 0.6 is 0 Å². The predicted octanol–water partition coefficient (Wildman–Crippen LogP) is 2.52. The van der Waals surface area contributed by atoms with Crippen LogP contribution in [0.15, 0.2) is 42.7 Å². The van der Waals surface area contributed by atoms with Crippen molar-refractivity contribution in [3.05, 3.63) is 54.0 Å². The molecule has 2 heterocycles. The van der Waals surface area contributed by atoms with Gasteiger partial charge < -0.3 is 4.74 Å². The van der Waals surface area contributed by atoms with Gasteiger partial charge in [0, 0.05) is 0 Å². The van der Waals surface area contributed by atoms with E-state index in [0.717, 1.165) is 16.9 Å². The first-order chi connectivity index (χ1) is 9.70. The number of carbonyl (C=O) groups is 1. The van der Waals surface area contributed by atoms with Crippen LogP contribution in [0.25, 0.3) is 16.9 Å². The quantitative estimate of drug-likeness (QED) is 0.669. The molecular formula is C15H13N3O2. The summed E-state index contributed by atoms with van der Waals surface area (Å²) in [5, 5.41) is 0. The molecular weight excluding hydrogens is 254 g/mol. The van der Waals surface area contributed by atoms with E-state index < -0.39 is 0 Å². The lowest BCUT2D eigenvalue weighted by molar-refractivity contribution is 0.0599. The second kappa shape index (κ2) is 4.77. The molecule has 0 unspecified atom stereocenters. The molecule has 1 aromatic carbocycles. The Bertz CT molecular complexity index is 793. The van der Waals surface area contributed by atoms with E-state index >= 15 is 0 Å². The van der Waals surface area contributed by atoms with E-state index in [1.54, 1.807) is 25.4 Å². The maximum absolute atomic E-state index is 11.6. The Morgan fingerprint density at radius 3 is 2.75 bits per heavy atom. The van der Waals surface area contributed by atoms with Gasteiger partial charge >= 0.3 is 5.97 Å². The highest BCUT2D eigenvalue weighted by atomic mass is 16.5. The summed E-state index contributed by atoms with van der Waals surface area (Å²) in [6.07, 6.45) is 1.73. The van der Waals surface area contributed by atoms with Gasteiger partial charge in [0.2, 0.25) is 0 Å². The number of rotatable bonds is 2. The van der Waals surface area contributed by atoms with Crippen LogP contribution in [-0.4, -0.2) is 27.6 Å². The first kappa shape index (κ1) is 12.3. The topological polar surface area (TPSA) is 57.0 Å². The standard InChI is InChI=1S/C15H13N3O2/c1-10-11(15(19)20-2)7-8-14(17-10)18-9-16-12-5-3-4-6-13(12)18/h3-9H,1-2H3. The van der Waals surface area contributed by atoms with Crippen LogP contribution in [-0.2, 0) is 4.74 Å². The molecule has 0 spiro atoms. The van der Waals surface area contributed by atoms with Gasteiger partial charge in [0.15, 0.2) is 0 Å². The van der Waals surface area contributed by atoms with Crippen LogP contribution in [0.3, 0.4) is 0 Å². The number of aromatic nitrogens is 3. The third-order valence-electron chi connectivity index (χ3n) is 3.18. The van der Waals surface area contributed by atoms with Crippen molar-refractivity contribution >= 4 is 17.0 Å². The fourth-order valence-electron chi connectivity index (χ4n) is 2.15. The van der Waals surface area contributed by atoms with Gasteiger partial charge in [-0.05, 0) is 31.2 Å². The zero-order valence-electron chi connectivity index (χ0n) is 11.2. The van der Waals surface area contributed by atoms with E-state index in [1.165, 1.54) is 7.11 Å². The predicted molar refractivity (Wildman–Crippen MR) is 74.9 cm³/mol. The number of fused-ring (bicyclic) bond motifs is 1. The SMILES string of the molecule is COC(=O)c1ccc(-n2cnc3ccccc32)nc1C. The smallest absolute Gasteiger partial charge is 0.339 e. The maximum atomic E-state index is 11.6. The fraction of sp³-hybridized carbons (Fsp3) is 0.133. The number of para-hydroxylation sites is 2. The van der Waals surface area contributed by atoms with E-state index in [4.69, 9.17) is 4.74 Å². The average Bonchev–Trinajstić information content (AvgIpc) is 2.90. The van der Waals surface area contributed by atoms with Crippen LogP contribution in [0.4, 0.5) is 0 Å². The normalized spacial score (nSPS) is 10.7. The molecule has 0 aliphatic rings. The molecule has 2 aromatic heterocycles. The summed E-state index contributed by atoms with van der Waals surface area (Å²) in [7, 11) is 1.36. The van der Waals surface area contributed by atoms with E-state index in [1.807, 2.05) is 28.8 Å². The third kappa shape index (κ3) is 1.93. The van der Waals surface area contributed by atoms with Crippen molar-refractivity contribution in [2.45, 2.75) is 6.92 Å². The number of aryl methyl sites for hydroxylation is 1. The first-order valence-electron chi connectivity index (χ1n) is 6.19. The third-order valence-corrected chi connectivity index (χ3v) is 3.18. The minimum Gasteiger partial charge on any atom is -0.465 e. The maximum Gasteiger partial charge on any atom is 0.339 e. The monoisotopic (exact) mass is 267 g/mol.